The van der Waals surface area contributed by atoms with Crippen molar-refractivity contribution in [2.75, 3.05) is 25.9 Å². The van der Waals surface area contributed by atoms with Gasteiger partial charge in [-0.15, -0.1) is 0 Å². The highest BCUT2D eigenvalue weighted by molar-refractivity contribution is 7.99. The molecule has 2 atom stereocenters. The molecule has 33 heavy (non-hydrogen) atoms. The smallest absolute Gasteiger partial charge is 0.230 e. The number of aromatic nitrogens is 2. The standard InChI is InChI=1S/C25H26Cl2N4OS/c1-31-15-18(9-17-7-8-22(26)23(27)11-17)10-21(31)14-28-24(32)16-33-25-29-12-20(13-30-25)19-5-3-2-4-6-19/h2-8,11-13,18,21H,9-10,14-16H2,1H3,(H,28,32)/t18-,21?/m1/s1. The lowest BCUT2D eigenvalue weighted by atomic mass is 9.97. The molecule has 4 rings (SSSR count). The zero-order valence-electron chi connectivity index (χ0n) is 18.4. The summed E-state index contributed by atoms with van der Waals surface area (Å²) >= 11 is 13.5. The van der Waals surface area contributed by atoms with Gasteiger partial charge in [0.15, 0.2) is 5.16 Å². The fourth-order valence-electron chi connectivity index (χ4n) is 4.17. The largest absolute Gasteiger partial charge is 0.354 e. The van der Waals surface area contributed by atoms with E-state index in [1.807, 2.05) is 48.5 Å². The van der Waals surface area contributed by atoms with Crippen LogP contribution >= 0.6 is 35.0 Å². The maximum Gasteiger partial charge on any atom is 0.230 e. The molecule has 1 aliphatic heterocycles. The van der Waals surface area contributed by atoms with E-state index in [1.54, 1.807) is 12.4 Å². The van der Waals surface area contributed by atoms with Crippen molar-refractivity contribution in [3.05, 3.63) is 76.5 Å². The Morgan fingerprint density at radius 2 is 1.85 bits per heavy atom. The fraction of sp³-hybridized carbons (Fsp3) is 0.320. The van der Waals surface area contributed by atoms with Crippen molar-refractivity contribution < 1.29 is 4.79 Å². The molecule has 2 aromatic carbocycles. The van der Waals surface area contributed by atoms with Crippen LogP contribution in [0.3, 0.4) is 0 Å². The molecule has 1 fully saturated rings. The number of hydrogen-bond donors (Lipinski definition) is 1. The lowest BCUT2D eigenvalue weighted by Crippen LogP contribution is -2.38. The van der Waals surface area contributed by atoms with Crippen LogP contribution in [0.1, 0.15) is 12.0 Å². The highest BCUT2D eigenvalue weighted by Gasteiger charge is 2.29. The Balaban J connectivity index is 1.20. The summed E-state index contributed by atoms with van der Waals surface area (Å²) in [6.07, 6.45) is 5.58. The third-order valence-corrected chi connectivity index (χ3v) is 7.50. The number of likely N-dealkylation sites (tertiary alicyclic amines) is 1. The number of thioether (sulfide) groups is 1. The van der Waals surface area contributed by atoms with Gasteiger partial charge in [0.1, 0.15) is 0 Å². The van der Waals surface area contributed by atoms with E-state index in [0.29, 0.717) is 39.5 Å². The summed E-state index contributed by atoms with van der Waals surface area (Å²) in [5.74, 6) is 0.825. The predicted octanol–water partition coefficient (Wildman–Crippen LogP) is 5.22. The summed E-state index contributed by atoms with van der Waals surface area (Å²) in [6.45, 7) is 1.64. The third-order valence-electron chi connectivity index (χ3n) is 5.89. The third kappa shape index (κ3) is 6.70. The molecule has 0 radical (unpaired) electrons. The van der Waals surface area contributed by atoms with Crippen molar-refractivity contribution in [2.24, 2.45) is 5.92 Å². The van der Waals surface area contributed by atoms with Crippen molar-refractivity contribution in [3.63, 3.8) is 0 Å². The summed E-state index contributed by atoms with van der Waals surface area (Å²) in [4.78, 5) is 23.5. The van der Waals surface area contributed by atoms with Crippen LogP contribution in [0.25, 0.3) is 11.1 Å². The molecule has 1 aliphatic rings. The summed E-state index contributed by atoms with van der Waals surface area (Å²) in [6, 6.07) is 16.2. The normalized spacial score (nSPS) is 18.4. The molecule has 8 heteroatoms. The second-order valence-corrected chi connectivity index (χ2v) is 10.1. The van der Waals surface area contributed by atoms with Gasteiger partial charge < -0.3 is 10.2 Å². The van der Waals surface area contributed by atoms with E-state index >= 15 is 0 Å². The van der Waals surface area contributed by atoms with Crippen LogP contribution < -0.4 is 5.32 Å². The van der Waals surface area contributed by atoms with Gasteiger partial charge in [0.05, 0.1) is 15.8 Å². The number of carbonyl (C=O) groups excluding carboxylic acids is 1. The number of carbonyl (C=O) groups is 1. The molecule has 0 bridgehead atoms. The molecule has 5 nitrogen and oxygen atoms in total. The molecule has 1 unspecified atom stereocenters. The highest BCUT2D eigenvalue weighted by atomic mass is 35.5. The quantitative estimate of drug-likeness (QED) is 0.339. The second kappa shape index (κ2) is 11.3. The maximum absolute atomic E-state index is 12.4. The Morgan fingerprint density at radius 1 is 1.09 bits per heavy atom. The van der Waals surface area contributed by atoms with Gasteiger partial charge in [-0.1, -0.05) is 71.4 Å². The second-order valence-electron chi connectivity index (χ2n) is 8.36. The van der Waals surface area contributed by atoms with Gasteiger partial charge in [0, 0.05) is 37.1 Å². The first kappa shape index (κ1) is 24.0. The lowest BCUT2D eigenvalue weighted by molar-refractivity contribution is -0.118. The SMILES string of the molecule is CN1C[C@H](Cc2ccc(Cl)c(Cl)c2)CC1CNC(=O)CSc1ncc(-c2ccccc2)cn1. The molecule has 172 valence electrons. The molecular formula is C25H26Cl2N4OS. The molecule has 1 amide bonds. The predicted molar refractivity (Wildman–Crippen MR) is 136 cm³/mol. The van der Waals surface area contributed by atoms with Crippen LogP contribution in [0, 0.1) is 5.92 Å². The van der Waals surface area contributed by atoms with Gasteiger partial charge in [-0.25, -0.2) is 9.97 Å². The first-order valence-corrected chi connectivity index (χ1v) is 12.6. The van der Waals surface area contributed by atoms with E-state index in [-0.39, 0.29) is 5.91 Å². The molecule has 3 aromatic rings. The molecule has 1 N–H and O–H groups in total. The van der Waals surface area contributed by atoms with E-state index < -0.39 is 0 Å². The average Bonchev–Trinajstić information content (AvgIpc) is 3.18. The molecule has 0 saturated carbocycles. The summed E-state index contributed by atoms with van der Waals surface area (Å²) in [5.41, 5.74) is 3.23. The first-order valence-electron chi connectivity index (χ1n) is 10.9. The van der Waals surface area contributed by atoms with E-state index in [9.17, 15) is 4.79 Å². The minimum Gasteiger partial charge on any atom is -0.354 e. The molecule has 1 aromatic heterocycles. The van der Waals surface area contributed by atoms with Crippen LogP contribution in [-0.2, 0) is 11.2 Å². The number of hydrogen-bond acceptors (Lipinski definition) is 5. The molecule has 0 spiro atoms. The van der Waals surface area contributed by atoms with Gasteiger partial charge in [-0.05, 0) is 49.1 Å². The number of benzene rings is 2. The van der Waals surface area contributed by atoms with Gasteiger partial charge in [0.2, 0.25) is 5.91 Å². The number of halogens is 2. The Morgan fingerprint density at radius 3 is 2.58 bits per heavy atom. The zero-order chi connectivity index (χ0) is 23.2. The molecule has 2 heterocycles. The van der Waals surface area contributed by atoms with Crippen molar-refractivity contribution in [3.8, 4) is 11.1 Å². The van der Waals surface area contributed by atoms with E-state index in [2.05, 4.69) is 27.2 Å². The topological polar surface area (TPSA) is 58.1 Å². The Hall–Kier alpha value is -2.12. The van der Waals surface area contributed by atoms with Crippen LogP contribution in [-0.4, -0.2) is 52.7 Å². The molecular weight excluding hydrogens is 475 g/mol. The summed E-state index contributed by atoms with van der Waals surface area (Å²) < 4.78 is 0. The summed E-state index contributed by atoms with van der Waals surface area (Å²) in [7, 11) is 2.11. The van der Waals surface area contributed by atoms with E-state index in [4.69, 9.17) is 23.2 Å². The van der Waals surface area contributed by atoms with Crippen LogP contribution in [0.15, 0.2) is 66.1 Å². The monoisotopic (exact) mass is 500 g/mol. The van der Waals surface area contributed by atoms with E-state index in [1.165, 1.54) is 17.3 Å². The van der Waals surface area contributed by atoms with Crippen molar-refractivity contribution >= 4 is 40.9 Å². The van der Waals surface area contributed by atoms with Crippen LogP contribution in [0.2, 0.25) is 10.0 Å². The van der Waals surface area contributed by atoms with Crippen molar-refractivity contribution in [2.45, 2.75) is 24.0 Å². The van der Waals surface area contributed by atoms with Crippen LogP contribution in [0.5, 0.6) is 0 Å². The maximum atomic E-state index is 12.4. The highest BCUT2D eigenvalue weighted by Crippen LogP contribution is 2.28. The van der Waals surface area contributed by atoms with Gasteiger partial charge in [-0.2, -0.15) is 0 Å². The summed E-state index contributed by atoms with van der Waals surface area (Å²) in [5, 5.41) is 4.85. The Kier molecular flexibility index (Phi) is 8.25. The van der Waals surface area contributed by atoms with Crippen molar-refractivity contribution in [1.82, 2.24) is 20.2 Å². The number of rotatable bonds is 8. The number of likely N-dealkylation sites (N-methyl/N-ethyl adjacent to an activating group) is 1. The Bertz CT molecular complexity index is 1080. The molecule has 1 saturated heterocycles. The minimum atomic E-state index is -0.00271. The zero-order valence-corrected chi connectivity index (χ0v) is 20.7. The average molecular weight is 501 g/mol. The molecule has 0 aliphatic carbocycles. The van der Waals surface area contributed by atoms with Crippen molar-refractivity contribution in [1.29, 1.82) is 0 Å². The lowest BCUT2D eigenvalue weighted by Gasteiger charge is -2.19. The van der Waals surface area contributed by atoms with Gasteiger partial charge in [-0.3, -0.25) is 4.79 Å². The van der Waals surface area contributed by atoms with E-state index in [0.717, 1.165) is 30.5 Å². The Labute approximate surface area is 208 Å². The number of nitrogens with zero attached hydrogens (tertiary/aromatic N) is 3. The number of nitrogens with one attached hydrogen (secondary N) is 1. The number of amides is 1. The van der Waals surface area contributed by atoms with Crippen LogP contribution in [0.4, 0.5) is 0 Å². The first-order chi connectivity index (χ1) is 16.0. The fourth-order valence-corrected chi connectivity index (χ4v) is 5.10. The minimum absolute atomic E-state index is 0.00271. The van der Waals surface area contributed by atoms with Gasteiger partial charge in [0.25, 0.3) is 0 Å². The van der Waals surface area contributed by atoms with Gasteiger partial charge >= 0.3 is 0 Å².